The number of rotatable bonds is 4. The molecule has 2 aromatic carbocycles. The Morgan fingerprint density at radius 3 is 2.48 bits per heavy atom. The van der Waals surface area contributed by atoms with E-state index in [0.29, 0.717) is 22.6 Å². The summed E-state index contributed by atoms with van der Waals surface area (Å²) in [6.45, 7) is 3.40. The largest absolute Gasteiger partial charge is 0.326 e. The lowest BCUT2D eigenvalue weighted by Gasteiger charge is -2.28. The number of allylic oxidation sites excluding steroid dienone is 1. The highest BCUT2D eigenvalue weighted by molar-refractivity contribution is 6.31. The van der Waals surface area contributed by atoms with Crippen molar-refractivity contribution in [2.45, 2.75) is 19.9 Å². The Morgan fingerprint density at radius 2 is 1.81 bits per heavy atom. The molecule has 1 aromatic heterocycles. The molecule has 3 aromatic rings. The Hall–Kier alpha value is -3.65. The molecule has 158 valence electrons. The van der Waals surface area contributed by atoms with Gasteiger partial charge in [-0.2, -0.15) is 5.10 Å². The Balaban J connectivity index is 1.75. The quantitative estimate of drug-likeness (QED) is 0.568. The molecular formula is C22H19ClFN5O2. The van der Waals surface area contributed by atoms with Crippen LogP contribution in [0.3, 0.4) is 0 Å². The van der Waals surface area contributed by atoms with E-state index >= 15 is 0 Å². The summed E-state index contributed by atoms with van der Waals surface area (Å²) in [4.78, 5) is 25.3. The molecule has 0 bridgehead atoms. The molecule has 2 heterocycles. The third-order valence-electron chi connectivity index (χ3n) is 4.95. The van der Waals surface area contributed by atoms with Crippen LogP contribution >= 0.6 is 11.6 Å². The fourth-order valence-electron chi connectivity index (χ4n) is 3.52. The zero-order valence-electron chi connectivity index (χ0n) is 16.7. The lowest BCUT2D eigenvalue weighted by atomic mass is 9.95. The second-order valence-electron chi connectivity index (χ2n) is 7.07. The molecule has 4 rings (SSSR count). The zero-order valence-corrected chi connectivity index (χ0v) is 17.5. The van der Waals surface area contributed by atoms with Crippen molar-refractivity contribution >= 4 is 29.2 Å². The molecule has 7 nitrogen and oxygen atoms in total. The molecule has 3 N–H and O–H groups in total. The maximum Gasteiger partial charge on any atom is 0.319 e. The predicted molar refractivity (Wildman–Crippen MR) is 115 cm³/mol. The lowest BCUT2D eigenvalue weighted by Crippen LogP contribution is -2.46. The first-order valence-corrected chi connectivity index (χ1v) is 9.88. The number of aryl methyl sites for hydroxylation is 1. The first-order valence-electron chi connectivity index (χ1n) is 9.51. The first-order chi connectivity index (χ1) is 14.8. The summed E-state index contributed by atoms with van der Waals surface area (Å²) in [6, 6.07) is 13.4. The monoisotopic (exact) mass is 439 g/mol. The summed E-state index contributed by atoms with van der Waals surface area (Å²) < 4.78 is 14.8. The van der Waals surface area contributed by atoms with Crippen LogP contribution in [0.15, 0.2) is 65.9 Å². The molecule has 31 heavy (non-hydrogen) atoms. The minimum Gasteiger partial charge on any atom is -0.326 e. The van der Waals surface area contributed by atoms with Crippen LogP contribution in [0, 0.1) is 12.7 Å². The number of carbonyl (C=O) groups excluding carboxylic acids is 2. The van der Waals surface area contributed by atoms with Crippen molar-refractivity contribution in [2.24, 2.45) is 0 Å². The van der Waals surface area contributed by atoms with Crippen LogP contribution in [-0.4, -0.2) is 21.7 Å². The fraction of sp³-hybridized carbons (Fsp3) is 0.136. The van der Waals surface area contributed by atoms with E-state index in [0.717, 1.165) is 5.69 Å². The highest BCUT2D eigenvalue weighted by Gasteiger charge is 2.35. The van der Waals surface area contributed by atoms with Gasteiger partial charge in [0.15, 0.2) is 0 Å². The summed E-state index contributed by atoms with van der Waals surface area (Å²) in [7, 11) is 0. The van der Waals surface area contributed by atoms with E-state index in [4.69, 9.17) is 11.6 Å². The van der Waals surface area contributed by atoms with Crippen molar-refractivity contribution in [2.75, 3.05) is 5.32 Å². The van der Waals surface area contributed by atoms with E-state index in [1.165, 1.54) is 24.3 Å². The van der Waals surface area contributed by atoms with Crippen molar-refractivity contribution in [3.8, 4) is 5.69 Å². The number of para-hydroxylation sites is 1. The summed E-state index contributed by atoms with van der Waals surface area (Å²) >= 11 is 6.67. The maximum absolute atomic E-state index is 13.2. The standard InChI is InChI=1S/C22H19ClFN5O2/c1-12-18(21(30)26-15-10-8-14(24)9-11-15)19(27-22(31)25-12)17-13(2)28-29(20(17)23)16-6-4-3-5-7-16/h3-11,19H,1-2H3,(H,26,30)(H2,25,27,31). The number of anilines is 1. The predicted octanol–water partition coefficient (Wildman–Crippen LogP) is 4.24. The second-order valence-corrected chi connectivity index (χ2v) is 7.43. The van der Waals surface area contributed by atoms with Crippen molar-refractivity contribution in [3.63, 3.8) is 0 Å². The van der Waals surface area contributed by atoms with Gasteiger partial charge >= 0.3 is 6.03 Å². The average Bonchev–Trinajstić information content (AvgIpc) is 3.03. The van der Waals surface area contributed by atoms with E-state index in [1.54, 1.807) is 18.5 Å². The molecule has 0 fully saturated rings. The summed E-state index contributed by atoms with van der Waals surface area (Å²) in [5, 5.41) is 12.9. The fourth-order valence-corrected chi connectivity index (χ4v) is 3.90. The van der Waals surface area contributed by atoms with E-state index in [-0.39, 0.29) is 10.7 Å². The minimum atomic E-state index is -0.820. The Labute approximate surface area is 182 Å². The van der Waals surface area contributed by atoms with Crippen LogP contribution < -0.4 is 16.0 Å². The van der Waals surface area contributed by atoms with Gasteiger partial charge < -0.3 is 16.0 Å². The van der Waals surface area contributed by atoms with Crippen molar-refractivity contribution in [1.82, 2.24) is 20.4 Å². The van der Waals surface area contributed by atoms with Gasteiger partial charge in [0.05, 0.1) is 23.0 Å². The topological polar surface area (TPSA) is 88.1 Å². The number of halogens is 2. The van der Waals surface area contributed by atoms with Crippen LogP contribution in [0.25, 0.3) is 5.69 Å². The SMILES string of the molecule is CC1=C(C(=O)Nc2ccc(F)cc2)C(c2c(C)nn(-c3ccccc3)c2Cl)NC(=O)N1. The summed E-state index contributed by atoms with van der Waals surface area (Å²) in [5.74, 6) is -0.863. The van der Waals surface area contributed by atoms with Gasteiger partial charge in [-0.15, -0.1) is 0 Å². The first kappa shape index (κ1) is 20.6. The smallest absolute Gasteiger partial charge is 0.319 e. The van der Waals surface area contributed by atoms with E-state index in [1.807, 2.05) is 30.3 Å². The lowest BCUT2D eigenvalue weighted by molar-refractivity contribution is -0.113. The Bertz CT molecular complexity index is 1190. The summed E-state index contributed by atoms with van der Waals surface area (Å²) in [5.41, 5.74) is 2.92. The third kappa shape index (κ3) is 4.02. The Morgan fingerprint density at radius 1 is 1.13 bits per heavy atom. The average molecular weight is 440 g/mol. The number of amides is 3. The van der Waals surface area contributed by atoms with Gasteiger partial charge in [0, 0.05) is 16.9 Å². The van der Waals surface area contributed by atoms with Gasteiger partial charge in [0.25, 0.3) is 5.91 Å². The van der Waals surface area contributed by atoms with Gasteiger partial charge in [-0.3, -0.25) is 4.79 Å². The van der Waals surface area contributed by atoms with E-state index < -0.39 is 23.8 Å². The zero-order chi connectivity index (χ0) is 22.1. The molecule has 0 saturated carbocycles. The molecule has 1 unspecified atom stereocenters. The van der Waals surface area contributed by atoms with Crippen molar-refractivity contribution in [1.29, 1.82) is 0 Å². The van der Waals surface area contributed by atoms with Crippen molar-refractivity contribution in [3.05, 3.63) is 88.1 Å². The van der Waals surface area contributed by atoms with Crippen LogP contribution in [0.2, 0.25) is 5.15 Å². The molecule has 0 aliphatic carbocycles. The number of nitrogens with zero attached hydrogens (tertiary/aromatic N) is 2. The van der Waals surface area contributed by atoms with Crippen LogP contribution in [-0.2, 0) is 4.79 Å². The van der Waals surface area contributed by atoms with Crippen LogP contribution in [0.4, 0.5) is 14.9 Å². The number of benzene rings is 2. The number of carbonyl (C=O) groups is 2. The van der Waals surface area contributed by atoms with Gasteiger partial charge in [-0.1, -0.05) is 29.8 Å². The molecule has 1 aliphatic heterocycles. The molecular weight excluding hydrogens is 421 g/mol. The number of urea groups is 1. The normalized spacial score (nSPS) is 16.0. The van der Waals surface area contributed by atoms with Crippen LogP contribution in [0.1, 0.15) is 24.2 Å². The van der Waals surface area contributed by atoms with Gasteiger partial charge in [-0.25, -0.2) is 13.9 Å². The van der Waals surface area contributed by atoms with Gasteiger partial charge in [0.2, 0.25) is 0 Å². The number of nitrogens with one attached hydrogen (secondary N) is 3. The van der Waals surface area contributed by atoms with Crippen molar-refractivity contribution < 1.29 is 14.0 Å². The third-order valence-corrected chi connectivity index (χ3v) is 5.32. The van der Waals surface area contributed by atoms with E-state index in [2.05, 4.69) is 21.0 Å². The second kappa shape index (κ2) is 8.23. The van der Waals surface area contributed by atoms with Gasteiger partial charge in [-0.05, 0) is 50.2 Å². The molecule has 0 saturated heterocycles. The highest BCUT2D eigenvalue weighted by Crippen LogP contribution is 2.35. The van der Waals surface area contributed by atoms with Gasteiger partial charge in [0.1, 0.15) is 11.0 Å². The molecule has 1 aliphatic rings. The Kier molecular flexibility index (Phi) is 5.48. The van der Waals surface area contributed by atoms with E-state index in [9.17, 15) is 14.0 Å². The highest BCUT2D eigenvalue weighted by atomic mass is 35.5. The molecule has 0 spiro atoms. The number of hydrogen-bond donors (Lipinski definition) is 3. The molecule has 1 atom stereocenters. The maximum atomic E-state index is 13.2. The molecule has 0 radical (unpaired) electrons. The minimum absolute atomic E-state index is 0.279. The summed E-state index contributed by atoms with van der Waals surface area (Å²) in [6.07, 6.45) is 0. The number of aromatic nitrogens is 2. The molecule has 9 heteroatoms. The van der Waals surface area contributed by atoms with Crippen LogP contribution in [0.5, 0.6) is 0 Å². The molecule has 3 amide bonds. The number of hydrogen-bond acceptors (Lipinski definition) is 3.